The number of aromatic amines is 1. The second-order valence-electron chi connectivity index (χ2n) is 6.04. The van der Waals surface area contributed by atoms with Gasteiger partial charge in [0.05, 0.1) is 5.10 Å². The minimum absolute atomic E-state index is 0.748. The molecule has 0 aliphatic rings. The molecule has 0 unspecified atom stereocenters. The van der Waals surface area contributed by atoms with Crippen molar-refractivity contribution in [1.82, 2.24) is 25.6 Å². The van der Waals surface area contributed by atoms with E-state index in [-0.39, 0.29) is 0 Å². The first-order valence-corrected chi connectivity index (χ1v) is 9.04. The highest BCUT2D eigenvalue weighted by Gasteiger charge is 2.22. The van der Waals surface area contributed by atoms with Crippen molar-refractivity contribution in [1.29, 1.82) is 0 Å². The van der Waals surface area contributed by atoms with Crippen LogP contribution in [-0.4, -0.2) is 25.6 Å². The Bertz CT molecular complexity index is 1420. The molecule has 3 heterocycles. The molecule has 0 saturated carbocycles. The molecular weight excluding hydrogens is 362 g/mol. The molecule has 3 aromatic heterocycles. The minimum Gasteiger partial charge on any atom is -0.202 e. The van der Waals surface area contributed by atoms with E-state index in [4.69, 9.17) is 4.52 Å². The minimum atomic E-state index is 0.748. The molecule has 27 heavy (non-hydrogen) atoms. The molecule has 3 aromatic carbocycles. The van der Waals surface area contributed by atoms with Gasteiger partial charge in [0.15, 0.2) is 22.6 Å². The lowest BCUT2D eigenvalue weighted by Gasteiger charge is -1.86. The molecule has 0 aliphatic carbocycles. The van der Waals surface area contributed by atoms with Crippen molar-refractivity contribution in [2.45, 2.75) is 0 Å². The maximum atomic E-state index is 5.80. The predicted octanol–water partition coefficient (Wildman–Crippen LogP) is 2.26. The SMILES string of the molecule is c1ccc2o[n+](-c3ccc4n[n+](-c5ccc6n[nH]nc6c5)sc4c3)nc2c1. The number of hydrogen-bond donors (Lipinski definition) is 1. The van der Waals surface area contributed by atoms with Crippen LogP contribution >= 0.6 is 11.5 Å². The molecule has 8 nitrogen and oxygen atoms in total. The molecule has 0 fully saturated rings. The first kappa shape index (κ1) is 14.4. The van der Waals surface area contributed by atoms with Crippen LogP contribution in [0.15, 0.2) is 65.2 Å². The molecule has 0 bridgehead atoms. The molecule has 0 spiro atoms. The summed E-state index contributed by atoms with van der Waals surface area (Å²) in [4.78, 5) is 1.54. The van der Waals surface area contributed by atoms with E-state index in [1.54, 1.807) is 11.5 Å². The summed E-state index contributed by atoms with van der Waals surface area (Å²) in [5.74, 6) is 0. The van der Waals surface area contributed by atoms with E-state index in [2.05, 4.69) is 25.6 Å². The summed E-state index contributed by atoms with van der Waals surface area (Å²) in [6.07, 6.45) is 0. The number of hydrogen-bond acceptors (Lipinski definition) is 6. The molecule has 1 N–H and O–H groups in total. The van der Waals surface area contributed by atoms with Crippen LogP contribution in [-0.2, 0) is 0 Å². The Hall–Kier alpha value is -3.72. The van der Waals surface area contributed by atoms with Gasteiger partial charge in [0, 0.05) is 33.4 Å². The number of aromatic nitrogens is 7. The second kappa shape index (κ2) is 5.39. The fourth-order valence-corrected chi connectivity index (χ4v) is 3.90. The number of nitrogens with zero attached hydrogens (tertiary/aromatic N) is 6. The Balaban J connectivity index is 1.46. The van der Waals surface area contributed by atoms with Crippen molar-refractivity contribution in [2.24, 2.45) is 0 Å². The Morgan fingerprint density at radius 1 is 0.778 bits per heavy atom. The average Bonchev–Trinajstić information content (AvgIpc) is 3.42. The van der Waals surface area contributed by atoms with Crippen LogP contribution in [0.5, 0.6) is 0 Å². The molecule has 0 amide bonds. The predicted molar refractivity (Wildman–Crippen MR) is 97.7 cm³/mol. The summed E-state index contributed by atoms with van der Waals surface area (Å²) in [5, 5.41) is 20.0. The van der Waals surface area contributed by atoms with Crippen LogP contribution in [0.25, 0.3) is 43.7 Å². The summed E-state index contributed by atoms with van der Waals surface area (Å²) in [7, 11) is 0. The number of nitrogens with one attached hydrogen (secondary N) is 1. The molecule has 0 radical (unpaired) electrons. The maximum Gasteiger partial charge on any atom is 0.291 e. The maximum absolute atomic E-state index is 5.80. The molecule has 9 heteroatoms. The first-order valence-electron chi connectivity index (χ1n) is 8.27. The first-order chi connectivity index (χ1) is 13.3. The number of benzene rings is 3. The molecule has 0 saturated heterocycles. The fourth-order valence-electron chi connectivity index (χ4n) is 2.99. The smallest absolute Gasteiger partial charge is 0.202 e. The van der Waals surface area contributed by atoms with E-state index < -0.39 is 0 Å². The van der Waals surface area contributed by atoms with Crippen molar-refractivity contribution < 1.29 is 13.4 Å². The van der Waals surface area contributed by atoms with Crippen molar-refractivity contribution in [3.8, 4) is 11.4 Å². The van der Waals surface area contributed by atoms with Crippen LogP contribution in [0, 0.1) is 0 Å². The fraction of sp³-hybridized carbons (Fsp3) is 0. The van der Waals surface area contributed by atoms with Crippen LogP contribution < -0.4 is 8.93 Å². The van der Waals surface area contributed by atoms with Gasteiger partial charge in [-0.25, -0.2) is 4.52 Å². The normalized spacial score (nSPS) is 11.7. The molecule has 0 aliphatic heterocycles. The van der Waals surface area contributed by atoms with Crippen molar-refractivity contribution in [2.75, 3.05) is 0 Å². The lowest BCUT2D eigenvalue weighted by Crippen LogP contribution is -2.31. The van der Waals surface area contributed by atoms with E-state index >= 15 is 0 Å². The Morgan fingerprint density at radius 2 is 1.63 bits per heavy atom. The van der Waals surface area contributed by atoms with E-state index in [9.17, 15) is 0 Å². The van der Waals surface area contributed by atoms with Crippen molar-refractivity contribution >= 4 is 43.9 Å². The lowest BCUT2D eigenvalue weighted by molar-refractivity contribution is -0.828. The summed E-state index contributed by atoms with van der Waals surface area (Å²) in [6.45, 7) is 0. The second-order valence-corrected chi connectivity index (χ2v) is 7.01. The van der Waals surface area contributed by atoms with E-state index in [0.29, 0.717) is 0 Å². The molecule has 0 atom stereocenters. The van der Waals surface area contributed by atoms with Gasteiger partial charge in [-0.15, -0.1) is 0 Å². The van der Waals surface area contributed by atoms with Gasteiger partial charge in [0.25, 0.3) is 11.4 Å². The summed E-state index contributed by atoms with van der Waals surface area (Å²) >= 11 is 1.54. The standard InChI is InChI=1S/C18H11N7OS/c1-2-4-17-14(3-1)21-24(26-17)11-5-8-15-18(10-11)27-25(22-15)12-6-7-13-16(9-12)20-23-19-13/h1-10H,(H,19,20,23)/q+2. The van der Waals surface area contributed by atoms with Gasteiger partial charge in [-0.3, -0.25) is 0 Å². The molecule has 6 aromatic rings. The number of fused-ring (bicyclic) bond motifs is 3. The zero-order valence-corrected chi connectivity index (χ0v) is 14.6. The quantitative estimate of drug-likeness (QED) is 0.471. The summed E-state index contributed by atoms with van der Waals surface area (Å²) < 4.78 is 8.70. The summed E-state index contributed by atoms with van der Waals surface area (Å²) in [5.41, 5.74) is 5.89. The van der Waals surface area contributed by atoms with Crippen molar-refractivity contribution in [3.63, 3.8) is 0 Å². The number of H-pyrrole nitrogens is 1. The number of para-hydroxylation sites is 1. The van der Waals surface area contributed by atoms with Gasteiger partial charge in [-0.1, -0.05) is 12.1 Å². The third-order valence-electron chi connectivity index (χ3n) is 4.32. The van der Waals surface area contributed by atoms with Crippen LogP contribution in [0.2, 0.25) is 0 Å². The van der Waals surface area contributed by atoms with Gasteiger partial charge < -0.3 is 0 Å². The Kier molecular flexibility index (Phi) is 2.88. The molecular formula is C18H11N7OS+2. The topological polar surface area (TPSA) is 88.2 Å². The van der Waals surface area contributed by atoms with Gasteiger partial charge in [0.1, 0.15) is 20.6 Å². The van der Waals surface area contributed by atoms with Gasteiger partial charge in [0.2, 0.25) is 5.58 Å². The molecule has 128 valence electrons. The monoisotopic (exact) mass is 373 g/mol. The van der Waals surface area contributed by atoms with Gasteiger partial charge >= 0.3 is 0 Å². The highest BCUT2D eigenvalue weighted by Crippen LogP contribution is 2.19. The van der Waals surface area contributed by atoms with Crippen LogP contribution in [0.1, 0.15) is 0 Å². The van der Waals surface area contributed by atoms with Crippen LogP contribution in [0.4, 0.5) is 0 Å². The lowest BCUT2D eigenvalue weighted by atomic mass is 10.3. The van der Waals surface area contributed by atoms with E-state index in [1.807, 2.05) is 64.7 Å². The van der Waals surface area contributed by atoms with E-state index in [1.165, 1.54) is 4.85 Å². The van der Waals surface area contributed by atoms with Crippen LogP contribution in [0.3, 0.4) is 0 Å². The van der Waals surface area contributed by atoms with E-state index in [0.717, 1.165) is 43.7 Å². The van der Waals surface area contributed by atoms with Crippen molar-refractivity contribution in [3.05, 3.63) is 60.7 Å². The van der Waals surface area contributed by atoms with Gasteiger partial charge in [-0.05, 0) is 24.3 Å². The number of rotatable bonds is 2. The zero-order valence-electron chi connectivity index (χ0n) is 13.8. The largest absolute Gasteiger partial charge is 0.291 e. The summed E-state index contributed by atoms with van der Waals surface area (Å²) in [6, 6.07) is 19.5. The average molecular weight is 373 g/mol. The third-order valence-corrected chi connectivity index (χ3v) is 5.31. The Labute approximate surface area is 155 Å². The third kappa shape index (κ3) is 2.29. The van der Waals surface area contributed by atoms with Gasteiger partial charge in [-0.2, -0.15) is 15.4 Å². The zero-order chi connectivity index (χ0) is 17.8. The Morgan fingerprint density at radius 3 is 2.59 bits per heavy atom. The highest BCUT2D eigenvalue weighted by atomic mass is 32.1. The highest BCUT2D eigenvalue weighted by molar-refractivity contribution is 7.09. The molecule has 6 rings (SSSR count).